The summed E-state index contributed by atoms with van der Waals surface area (Å²) in [7, 11) is 0. The lowest BCUT2D eigenvalue weighted by atomic mass is 9.80. The number of hydrogen-bond donors (Lipinski definition) is 1. The normalized spacial score (nSPS) is 46.0. The van der Waals surface area contributed by atoms with Crippen molar-refractivity contribution in [1.82, 2.24) is 4.90 Å². The average molecular weight is 252 g/mol. The largest absolute Gasteiger partial charge is 0.375 e. The molecule has 1 heterocycles. The third-order valence-electron chi connectivity index (χ3n) is 5.51. The van der Waals surface area contributed by atoms with Gasteiger partial charge in [-0.2, -0.15) is 0 Å². The lowest BCUT2D eigenvalue weighted by Gasteiger charge is -2.47. The van der Waals surface area contributed by atoms with Crippen LogP contribution in [0.3, 0.4) is 0 Å². The molecule has 18 heavy (non-hydrogen) atoms. The van der Waals surface area contributed by atoms with Crippen LogP contribution in [-0.2, 0) is 4.74 Å². The highest BCUT2D eigenvalue weighted by Gasteiger charge is 2.42. The summed E-state index contributed by atoms with van der Waals surface area (Å²) in [5.74, 6) is 0.900. The lowest BCUT2D eigenvalue weighted by Crippen LogP contribution is -2.59. The van der Waals surface area contributed by atoms with E-state index in [-0.39, 0.29) is 0 Å². The van der Waals surface area contributed by atoms with Crippen molar-refractivity contribution in [1.29, 1.82) is 0 Å². The van der Waals surface area contributed by atoms with Crippen molar-refractivity contribution in [3.63, 3.8) is 0 Å². The molecule has 1 saturated heterocycles. The van der Waals surface area contributed by atoms with E-state index in [4.69, 9.17) is 10.5 Å². The topological polar surface area (TPSA) is 38.5 Å². The van der Waals surface area contributed by atoms with Gasteiger partial charge in [0, 0.05) is 24.7 Å². The summed E-state index contributed by atoms with van der Waals surface area (Å²) < 4.78 is 5.93. The maximum atomic E-state index is 6.43. The highest BCUT2D eigenvalue weighted by atomic mass is 16.5. The van der Waals surface area contributed by atoms with E-state index in [0.717, 1.165) is 19.1 Å². The zero-order valence-corrected chi connectivity index (χ0v) is 11.7. The lowest BCUT2D eigenvalue weighted by molar-refractivity contribution is -0.0826. The molecular weight excluding hydrogens is 224 g/mol. The number of nitrogens with two attached hydrogens (primary N) is 1. The Kier molecular flexibility index (Phi) is 3.92. The van der Waals surface area contributed by atoms with E-state index in [2.05, 4.69) is 11.8 Å². The highest BCUT2D eigenvalue weighted by Crippen LogP contribution is 2.36. The van der Waals surface area contributed by atoms with Gasteiger partial charge in [0.15, 0.2) is 0 Å². The first-order chi connectivity index (χ1) is 8.79. The summed E-state index contributed by atoms with van der Waals surface area (Å²) in [5, 5.41) is 0. The molecule has 2 N–H and O–H groups in total. The SMILES string of the molecule is CCC1CCC(N)C(N2CCOC3CCCC32)C1. The molecule has 0 spiro atoms. The number of fused-ring (bicyclic) bond motifs is 1. The monoisotopic (exact) mass is 252 g/mol. The molecule has 0 bridgehead atoms. The minimum absolute atomic E-state index is 0.396. The summed E-state index contributed by atoms with van der Waals surface area (Å²) in [6, 6.07) is 1.69. The molecule has 5 unspecified atom stereocenters. The molecule has 3 aliphatic rings. The molecule has 0 amide bonds. The molecular formula is C15H28N2O. The van der Waals surface area contributed by atoms with Gasteiger partial charge in [-0.15, -0.1) is 0 Å². The van der Waals surface area contributed by atoms with Gasteiger partial charge in [-0.3, -0.25) is 4.90 Å². The number of hydrogen-bond acceptors (Lipinski definition) is 3. The summed E-state index contributed by atoms with van der Waals surface area (Å²) in [4.78, 5) is 2.73. The van der Waals surface area contributed by atoms with E-state index in [9.17, 15) is 0 Å². The number of morpholine rings is 1. The van der Waals surface area contributed by atoms with Gasteiger partial charge in [-0.1, -0.05) is 13.3 Å². The molecule has 3 nitrogen and oxygen atoms in total. The van der Waals surface area contributed by atoms with Gasteiger partial charge >= 0.3 is 0 Å². The van der Waals surface area contributed by atoms with E-state index in [1.165, 1.54) is 44.9 Å². The maximum Gasteiger partial charge on any atom is 0.0731 e. The molecule has 1 aliphatic heterocycles. The van der Waals surface area contributed by atoms with Crippen molar-refractivity contribution in [3.8, 4) is 0 Å². The first-order valence-corrected chi connectivity index (χ1v) is 7.92. The minimum atomic E-state index is 0.396. The van der Waals surface area contributed by atoms with Crippen LogP contribution in [0.1, 0.15) is 51.9 Å². The Hall–Kier alpha value is -0.120. The highest BCUT2D eigenvalue weighted by molar-refractivity contribution is 4.97. The Morgan fingerprint density at radius 2 is 2.06 bits per heavy atom. The second-order valence-corrected chi connectivity index (χ2v) is 6.46. The fourth-order valence-electron chi connectivity index (χ4n) is 4.37. The van der Waals surface area contributed by atoms with Crippen molar-refractivity contribution in [3.05, 3.63) is 0 Å². The molecule has 2 aliphatic carbocycles. The molecule has 3 rings (SSSR count). The van der Waals surface area contributed by atoms with Crippen LogP contribution in [-0.4, -0.2) is 42.3 Å². The fraction of sp³-hybridized carbons (Fsp3) is 1.00. The Bertz CT molecular complexity index is 284. The third kappa shape index (κ3) is 2.33. The van der Waals surface area contributed by atoms with Crippen LogP contribution < -0.4 is 5.73 Å². The Morgan fingerprint density at radius 1 is 1.17 bits per heavy atom. The first-order valence-electron chi connectivity index (χ1n) is 7.92. The minimum Gasteiger partial charge on any atom is -0.375 e. The van der Waals surface area contributed by atoms with Gasteiger partial charge in [0.1, 0.15) is 0 Å². The van der Waals surface area contributed by atoms with Crippen LogP contribution in [0.4, 0.5) is 0 Å². The van der Waals surface area contributed by atoms with Gasteiger partial charge in [-0.05, 0) is 44.4 Å². The van der Waals surface area contributed by atoms with Gasteiger partial charge in [0.05, 0.1) is 12.7 Å². The Labute approximate surface area is 111 Å². The molecule has 0 aromatic heterocycles. The van der Waals surface area contributed by atoms with Gasteiger partial charge in [0.25, 0.3) is 0 Å². The van der Waals surface area contributed by atoms with Crippen molar-refractivity contribution < 1.29 is 4.74 Å². The zero-order valence-electron chi connectivity index (χ0n) is 11.7. The predicted molar refractivity (Wildman–Crippen MR) is 73.5 cm³/mol. The second kappa shape index (κ2) is 5.48. The Balaban J connectivity index is 1.71. The molecule has 3 fully saturated rings. The quantitative estimate of drug-likeness (QED) is 0.818. The van der Waals surface area contributed by atoms with Crippen molar-refractivity contribution >= 4 is 0 Å². The fourth-order valence-corrected chi connectivity index (χ4v) is 4.37. The van der Waals surface area contributed by atoms with Crippen molar-refractivity contribution in [2.75, 3.05) is 13.2 Å². The van der Waals surface area contributed by atoms with Crippen LogP contribution in [0, 0.1) is 5.92 Å². The standard InChI is InChI=1S/C15H28N2O/c1-2-11-6-7-12(16)14(10-11)17-8-9-18-15-5-3-4-13(15)17/h11-15H,2-10,16H2,1H3. The Morgan fingerprint density at radius 3 is 2.89 bits per heavy atom. The number of ether oxygens (including phenoxy) is 1. The summed E-state index contributed by atoms with van der Waals surface area (Å²) in [6.45, 7) is 4.35. The smallest absolute Gasteiger partial charge is 0.0731 e. The molecule has 5 atom stereocenters. The number of nitrogens with zero attached hydrogens (tertiary/aromatic N) is 1. The summed E-state index contributed by atoms with van der Waals surface area (Å²) in [5.41, 5.74) is 6.43. The summed E-state index contributed by atoms with van der Waals surface area (Å²) in [6.07, 6.45) is 9.64. The molecule has 0 aromatic carbocycles. The van der Waals surface area contributed by atoms with E-state index < -0.39 is 0 Å². The summed E-state index contributed by atoms with van der Waals surface area (Å²) >= 11 is 0. The molecule has 3 heteroatoms. The second-order valence-electron chi connectivity index (χ2n) is 6.46. The first kappa shape index (κ1) is 12.9. The van der Waals surface area contributed by atoms with Crippen LogP contribution in [0.2, 0.25) is 0 Å². The van der Waals surface area contributed by atoms with Crippen LogP contribution in [0.25, 0.3) is 0 Å². The van der Waals surface area contributed by atoms with E-state index >= 15 is 0 Å². The van der Waals surface area contributed by atoms with E-state index in [1.54, 1.807) is 0 Å². The number of rotatable bonds is 2. The predicted octanol–water partition coefficient (Wildman–Crippen LogP) is 2.15. The van der Waals surface area contributed by atoms with Crippen LogP contribution in [0.5, 0.6) is 0 Å². The van der Waals surface area contributed by atoms with E-state index in [1.807, 2.05) is 0 Å². The van der Waals surface area contributed by atoms with Crippen LogP contribution >= 0.6 is 0 Å². The molecule has 104 valence electrons. The maximum absolute atomic E-state index is 6.43. The zero-order chi connectivity index (χ0) is 12.5. The molecule has 2 saturated carbocycles. The van der Waals surface area contributed by atoms with Crippen LogP contribution in [0.15, 0.2) is 0 Å². The molecule has 0 radical (unpaired) electrons. The van der Waals surface area contributed by atoms with Gasteiger partial charge < -0.3 is 10.5 Å². The van der Waals surface area contributed by atoms with Gasteiger partial charge in [0.2, 0.25) is 0 Å². The average Bonchev–Trinajstić information content (AvgIpc) is 2.87. The molecule has 0 aromatic rings. The van der Waals surface area contributed by atoms with E-state index in [0.29, 0.717) is 24.2 Å². The van der Waals surface area contributed by atoms with Gasteiger partial charge in [-0.25, -0.2) is 0 Å². The van der Waals surface area contributed by atoms with Crippen molar-refractivity contribution in [2.24, 2.45) is 11.7 Å². The van der Waals surface area contributed by atoms with Crippen molar-refractivity contribution in [2.45, 2.75) is 76.1 Å². The third-order valence-corrected chi connectivity index (χ3v) is 5.51.